The van der Waals surface area contributed by atoms with Crippen LogP contribution < -0.4 is 15.8 Å². The summed E-state index contributed by atoms with van der Waals surface area (Å²) in [6.07, 6.45) is 1.99. The molecule has 5 N–H and O–H groups in total. The van der Waals surface area contributed by atoms with E-state index >= 15 is 0 Å². The molecule has 1 aliphatic carbocycles. The number of aliphatic hydroxyl groups excluding tert-OH is 1. The van der Waals surface area contributed by atoms with Crippen molar-refractivity contribution in [1.82, 2.24) is 10.2 Å². The van der Waals surface area contributed by atoms with Crippen molar-refractivity contribution in [2.75, 3.05) is 26.7 Å². The first-order valence-corrected chi connectivity index (χ1v) is 13.8. The third-order valence-corrected chi connectivity index (χ3v) is 8.19. The Morgan fingerprint density at radius 2 is 1.85 bits per heavy atom. The van der Waals surface area contributed by atoms with Gasteiger partial charge in [0.25, 0.3) is 0 Å². The number of nitrogens with two attached hydrogens (primary N) is 1. The number of carbonyl (C=O) groups is 2. The minimum absolute atomic E-state index is 0.00847. The number of aliphatic hydroxyl groups is 2. The average Bonchev–Trinajstić information content (AvgIpc) is 3.29. The van der Waals surface area contributed by atoms with E-state index in [2.05, 4.69) is 10.1 Å². The van der Waals surface area contributed by atoms with Crippen LogP contribution in [0.15, 0.2) is 48.5 Å². The van der Waals surface area contributed by atoms with Crippen LogP contribution in [0.25, 0.3) is 0 Å². The van der Waals surface area contributed by atoms with Crippen LogP contribution in [0.4, 0.5) is 4.79 Å². The van der Waals surface area contributed by atoms with Crippen molar-refractivity contribution in [3.05, 3.63) is 59.7 Å². The topological polar surface area (TPSA) is 134 Å². The number of amides is 2. The highest BCUT2D eigenvalue weighted by Crippen LogP contribution is 2.44. The number of methoxy groups -OCH3 is 1. The monoisotopic (exact) mass is 539 g/mol. The maximum atomic E-state index is 13.4. The summed E-state index contributed by atoms with van der Waals surface area (Å²) in [5.41, 5.74) is 6.30. The standard InChI is InChI=1S/C30H41N3O6/c1-20-9-3-5-12-26(20)39-27-13-6-4-11-23(27)30(37,14-8-15-32-29(36)38-2)22-10-7-16-33(19-22)28(35)21-17-24(31)25(34)18-21/h3-6,9,11-13,21-22,24-25,34,37H,7-8,10,14-19,31H2,1-2H3,(H,32,36). The van der Waals surface area contributed by atoms with E-state index in [0.717, 1.165) is 18.4 Å². The Hall–Kier alpha value is -3.14. The highest BCUT2D eigenvalue weighted by Gasteiger charge is 2.44. The maximum Gasteiger partial charge on any atom is 0.406 e. The molecule has 5 unspecified atom stereocenters. The maximum absolute atomic E-state index is 13.4. The van der Waals surface area contributed by atoms with Gasteiger partial charge in [0.15, 0.2) is 0 Å². The van der Waals surface area contributed by atoms with Gasteiger partial charge in [-0.2, -0.15) is 0 Å². The number of aryl methyl sites for hydroxylation is 1. The zero-order chi connectivity index (χ0) is 28.0. The fourth-order valence-corrected chi connectivity index (χ4v) is 5.96. The molecule has 4 rings (SSSR count). The van der Waals surface area contributed by atoms with Gasteiger partial charge >= 0.3 is 6.09 Å². The van der Waals surface area contributed by atoms with Gasteiger partial charge in [0.05, 0.1) is 18.8 Å². The second-order valence-electron chi connectivity index (χ2n) is 10.8. The molecular formula is C30H41N3O6. The fraction of sp³-hybridized carbons (Fsp3) is 0.533. The minimum Gasteiger partial charge on any atom is -0.457 e. The number of nitrogens with zero attached hydrogens (tertiary/aromatic N) is 1. The zero-order valence-electron chi connectivity index (χ0n) is 22.8. The van der Waals surface area contributed by atoms with Crippen LogP contribution in [0.2, 0.25) is 0 Å². The highest BCUT2D eigenvalue weighted by atomic mass is 16.5. The van der Waals surface area contributed by atoms with E-state index in [1.54, 1.807) is 0 Å². The van der Waals surface area contributed by atoms with Gasteiger partial charge in [-0.25, -0.2) is 4.79 Å². The summed E-state index contributed by atoms with van der Waals surface area (Å²) < 4.78 is 11.0. The third kappa shape index (κ3) is 6.72. The molecule has 1 saturated carbocycles. The quantitative estimate of drug-likeness (QED) is 0.359. The average molecular weight is 540 g/mol. The molecule has 1 aliphatic heterocycles. The smallest absolute Gasteiger partial charge is 0.406 e. The Labute approximate surface area is 230 Å². The van der Waals surface area contributed by atoms with Crippen molar-refractivity contribution in [2.45, 2.75) is 63.2 Å². The second kappa shape index (κ2) is 12.8. The molecule has 2 fully saturated rings. The summed E-state index contributed by atoms with van der Waals surface area (Å²) in [5, 5.41) is 25.3. The van der Waals surface area contributed by atoms with Gasteiger partial charge in [0, 0.05) is 43.1 Å². The van der Waals surface area contributed by atoms with Gasteiger partial charge in [-0.05, 0) is 63.1 Å². The molecule has 0 aromatic heterocycles. The number of rotatable bonds is 9. The third-order valence-electron chi connectivity index (χ3n) is 8.19. The number of hydrogen-bond donors (Lipinski definition) is 4. The normalized spacial score (nSPS) is 24.6. The predicted octanol–water partition coefficient (Wildman–Crippen LogP) is 3.45. The number of alkyl carbamates (subject to hydrolysis) is 1. The van der Waals surface area contributed by atoms with Crippen molar-refractivity contribution >= 4 is 12.0 Å². The Morgan fingerprint density at radius 3 is 2.54 bits per heavy atom. The largest absolute Gasteiger partial charge is 0.457 e. The van der Waals surface area contributed by atoms with Crippen molar-refractivity contribution in [3.8, 4) is 11.5 Å². The molecule has 2 aromatic rings. The number of ether oxygens (including phenoxy) is 2. The van der Waals surface area contributed by atoms with E-state index in [9.17, 15) is 19.8 Å². The van der Waals surface area contributed by atoms with Crippen LogP contribution in [0.1, 0.15) is 49.7 Å². The molecule has 2 amide bonds. The van der Waals surface area contributed by atoms with Crippen LogP contribution in [-0.4, -0.2) is 66.0 Å². The van der Waals surface area contributed by atoms with E-state index in [-0.39, 0.29) is 23.8 Å². The second-order valence-corrected chi connectivity index (χ2v) is 10.8. The number of hydrogen-bond acceptors (Lipinski definition) is 7. The van der Waals surface area contributed by atoms with Crippen LogP contribution in [0, 0.1) is 18.8 Å². The molecule has 0 bridgehead atoms. The van der Waals surface area contributed by atoms with Crippen LogP contribution >= 0.6 is 0 Å². The van der Waals surface area contributed by atoms with E-state index < -0.39 is 17.8 Å². The van der Waals surface area contributed by atoms with E-state index in [1.165, 1.54) is 7.11 Å². The van der Waals surface area contributed by atoms with Gasteiger partial charge in [0.1, 0.15) is 11.5 Å². The molecule has 9 nitrogen and oxygen atoms in total. The van der Waals surface area contributed by atoms with Crippen LogP contribution in [0.3, 0.4) is 0 Å². The molecule has 5 atom stereocenters. The number of para-hydroxylation sites is 2. The summed E-state index contributed by atoms with van der Waals surface area (Å²) in [6.45, 7) is 3.31. The lowest BCUT2D eigenvalue weighted by atomic mass is 9.73. The van der Waals surface area contributed by atoms with Crippen molar-refractivity contribution in [3.63, 3.8) is 0 Å². The summed E-state index contributed by atoms with van der Waals surface area (Å²) in [7, 11) is 1.31. The summed E-state index contributed by atoms with van der Waals surface area (Å²) >= 11 is 0. The molecule has 39 heavy (non-hydrogen) atoms. The molecule has 212 valence electrons. The van der Waals surface area contributed by atoms with Gasteiger partial charge in [-0.3, -0.25) is 4.79 Å². The van der Waals surface area contributed by atoms with Crippen molar-refractivity contribution in [1.29, 1.82) is 0 Å². The Bertz CT molecular complexity index is 1130. The Morgan fingerprint density at radius 1 is 1.13 bits per heavy atom. The van der Waals surface area contributed by atoms with Gasteiger partial charge < -0.3 is 35.6 Å². The minimum atomic E-state index is -1.32. The van der Waals surface area contributed by atoms with Gasteiger partial charge in [-0.15, -0.1) is 0 Å². The van der Waals surface area contributed by atoms with Crippen molar-refractivity contribution in [2.24, 2.45) is 17.6 Å². The first-order chi connectivity index (χ1) is 18.7. The van der Waals surface area contributed by atoms with Gasteiger partial charge in [-0.1, -0.05) is 36.4 Å². The molecule has 0 spiro atoms. The van der Waals surface area contributed by atoms with E-state index in [0.29, 0.717) is 62.4 Å². The Balaban J connectivity index is 1.60. The number of nitrogens with one attached hydrogen (secondary N) is 1. The molecule has 0 radical (unpaired) electrons. The molecule has 2 aliphatic rings. The SMILES string of the molecule is COC(=O)NCCCC(O)(c1ccccc1Oc1ccccc1C)C1CCCN(C(=O)C2CC(N)C(O)C2)C1. The number of benzene rings is 2. The number of piperidine rings is 1. The predicted molar refractivity (Wildman–Crippen MR) is 147 cm³/mol. The molecule has 1 heterocycles. The lowest BCUT2D eigenvalue weighted by Gasteiger charge is -2.44. The van der Waals surface area contributed by atoms with Gasteiger partial charge in [0.2, 0.25) is 5.91 Å². The van der Waals surface area contributed by atoms with E-state index in [1.807, 2.05) is 60.4 Å². The zero-order valence-corrected chi connectivity index (χ0v) is 22.8. The Kier molecular flexibility index (Phi) is 9.48. The number of carbonyl (C=O) groups excluding carboxylic acids is 2. The van der Waals surface area contributed by atoms with Crippen molar-refractivity contribution < 1.29 is 29.3 Å². The highest BCUT2D eigenvalue weighted by molar-refractivity contribution is 5.79. The first kappa shape index (κ1) is 28.9. The van der Waals surface area contributed by atoms with E-state index in [4.69, 9.17) is 10.5 Å². The van der Waals surface area contributed by atoms with Crippen LogP contribution in [0.5, 0.6) is 11.5 Å². The molecule has 1 saturated heterocycles. The summed E-state index contributed by atoms with van der Waals surface area (Å²) in [6, 6.07) is 14.8. The lowest BCUT2D eigenvalue weighted by molar-refractivity contribution is -0.141. The molecular weight excluding hydrogens is 498 g/mol. The van der Waals surface area contributed by atoms with Crippen LogP contribution in [-0.2, 0) is 15.1 Å². The lowest BCUT2D eigenvalue weighted by Crippen LogP contribution is -2.49. The fourth-order valence-electron chi connectivity index (χ4n) is 5.96. The summed E-state index contributed by atoms with van der Waals surface area (Å²) in [4.78, 5) is 26.8. The molecule has 9 heteroatoms. The summed E-state index contributed by atoms with van der Waals surface area (Å²) in [5.74, 6) is 0.698. The molecule has 2 aromatic carbocycles. The first-order valence-electron chi connectivity index (χ1n) is 13.8. The number of likely N-dealkylation sites (tertiary alicyclic amines) is 1.